The molecule has 3 aromatic heterocycles. The predicted octanol–water partition coefficient (Wildman–Crippen LogP) is 1.88. The number of fused-ring (bicyclic) bond motifs is 2. The smallest absolute Gasteiger partial charge is 0.278 e. The highest BCUT2D eigenvalue weighted by molar-refractivity contribution is 6.00. The topological polar surface area (TPSA) is 103 Å². The van der Waals surface area contributed by atoms with Crippen LogP contribution in [0.15, 0.2) is 29.2 Å². The molecule has 1 aliphatic heterocycles. The zero-order valence-corrected chi connectivity index (χ0v) is 17.8. The Kier molecular flexibility index (Phi) is 5.09. The highest BCUT2D eigenvalue weighted by Gasteiger charge is 2.29. The summed E-state index contributed by atoms with van der Waals surface area (Å²) in [6.45, 7) is 3.09. The number of carbonyl (C=O) groups is 1. The van der Waals surface area contributed by atoms with Crippen LogP contribution >= 0.6 is 0 Å². The maximum absolute atomic E-state index is 13.4. The third-order valence-electron chi connectivity index (χ3n) is 6.52. The molecule has 1 atom stereocenters. The minimum Gasteiger partial charge on any atom is -0.375 e. The van der Waals surface area contributed by atoms with Crippen LogP contribution < -0.4 is 21.2 Å². The van der Waals surface area contributed by atoms with Crippen LogP contribution in [0.25, 0.3) is 16.7 Å². The van der Waals surface area contributed by atoms with Crippen LogP contribution in [0.3, 0.4) is 0 Å². The van der Waals surface area contributed by atoms with Gasteiger partial charge in [0.05, 0.1) is 12.6 Å². The Morgan fingerprint density at radius 2 is 2.13 bits per heavy atom. The third kappa shape index (κ3) is 3.54. The van der Waals surface area contributed by atoms with Crippen molar-refractivity contribution in [2.24, 2.45) is 0 Å². The number of nitrogen functional groups attached to an aromatic ring is 1. The van der Waals surface area contributed by atoms with Gasteiger partial charge >= 0.3 is 0 Å². The molecule has 2 aliphatic rings. The number of pyridine rings is 2. The number of carbonyl (C=O) groups excluding carboxylic acids is 1. The first-order chi connectivity index (χ1) is 15.0. The maximum atomic E-state index is 13.4. The highest BCUT2D eigenvalue weighted by Crippen LogP contribution is 2.21. The number of nitrogens with one attached hydrogen (secondary N) is 1. The number of hydrogen-bond donors (Lipinski definition) is 2. The molecule has 8 nitrogen and oxygen atoms in total. The Bertz CT molecular complexity index is 1220. The zero-order valence-electron chi connectivity index (χ0n) is 17.8. The molecular formula is C23H28N5O3+. The van der Waals surface area contributed by atoms with Gasteiger partial charge in [-0.3, -0.25) is 14.0 Å². The molecule has 1 saturated heterocycles. The molecule has 0 radical (unpaired) electrons. The SMILES string of the molecule is Cc1cccn2c(=O)c3cc(C(=O)NC4CCCC4)c(N)[n+](C[C@H]4CCCO4)c3nc12. The summed E-state index contributed by atoms with van der Waals surface area (Å²) in [5.74, 6) is 0.0875. The van der Waals surface area contributed by atoms with Crippen molar-refractivity contribution < 1.29 is 14.1 Å². The van der Waals surface area contributed by atoms with Crippen LogP contribution in [0.4, 0.5) is 5.82 Å². The normalized spacial score (nSPS) is 19.5. The molecule has 3 N–H and O–H groups in total. The number of aromatic nitrogens is 3. The van der Waals surface area contributed by atoms with Crippen LogP contribution in [0, 0.1) is 6.92 Å². The van der Waals surface area contributed by atoms with E-state index in [1.165, 1.54) is 4.40 Å². The van der Waals surface area contributed by atoms with Gasteiger partial charge in [0.1, 0.15) is 10.9 Å². The fraction of sp³-hybridized carbons (Fsp3) is 0.478. The summed E-state index contributed by atoms with van der Waals surface area (Å²) in [6, 6.07) is 5.51. The molecule has 0 unspecified atom stereocenters. The predicted molar refractivity (Wildman–Crippen MR) is 117 cm³/mol. The number of amides is 1. The first-order valence-electron chi connectivity index (χ1n) is 11.1. The van der Waals surface area contributed by atoms with E-state index < -0.39 is 0 Å². The lowest BCUT2D eigenvalue weighted by Gasteiger charge is -2.16. The second kappa shape index (κ2) is 7.92. The first kappa shape index (κ1) is 19.9. The van der Waals surface area contributed by atoms with E-state index in [1.807, 2.05) is 19.1 Å². The molecular weight excluding hydrogens is 394 g/mol. The first-order valence-corrected chi connectivity index (χ1v) is 11.1. The highest BCUT2D eigenvalue weighted by atomic mass is 16.5. The quantitative estimate of drug-likeness (QED) is 0.494. The Hall–Kier alpha value is -3.00. The lowest BCUT2D eigenvalue weighted by atomic mass is 10.1. The number of nitrogens with two attached hydrogens (primary N) is 1. The fourth-order valence-electron chi connectivity index (χ4n) is 4.80. The van der Waals surface area contributed by atoms with Crippen LogP contribution in [-0.4, -0.2) is 34.0 Å². The standard InChI is InChI=1S/C23H27N5O3/c1-14-6-4-10-27-20(14)26-21-18(23(27)30)12-17(22(29)25-15-7-2-3-8-15)19(24)28(21)13-16-9-5-11-31-16/h4,6,10,12,15-16,24H,2-3,5,7-9,11,13H2,1H3,(H,25,29)/p+1/t16-/m1/s1. The van der Waals surface area contributed by atoms with E-state index in [0.29, 0.717) is 41.2 Å². The molecule has 0 spiro atoms. The number of rotatable bonds is 4. The van der Waals surface area contributed by atoms with Crippen molar-refractivity contribution in [1.29, 1.82) is 0 Å². The number of ether oxygens (including phenoxy) is 1. The van der Waals surface area contributed by atoms with Crippen LogP contribution in [0.2, 0.25) is 0 Å². The van der Waals surface area contributed by atoms with Gasteiger partial charge in [-0.1, -0.05) is 23.9 Å². The Morgan fingerprint density at radius 3 is 2.87 bits per heavy atom. The van der Waals surface area contributed by atoms with Gasteiger partial charge in [0.25, 0.3) is 17.1 Å². The number of anilines is 1. The van der Waals surface area contributed by atoms with Gasteiger partial charge in [-0.25, -0.2) is 4.57 Å². The van der Waals surface area contributed by atoms with Gasteiger partial charge in [-0.05, 0) is 44.7 Å². The summed E-state index contributed by atoms with van der Waals surface area (Å²) < 4.78 is 9.15. The van der Waals surface area contributed by atoms with E-state index >= 15 is 0 Å². The van der Waals surface area contributed by atoms with E-state index in [9.17, 15) is 9.59 Å². The third-order valence-corrected chi connectivity index (χ3v) is 6.52. The summed E-state index contributed by atoms with van der Waals surface area (Å²) in [5.41, 5.74) is 8.62. The maximum Gasteiger partial charge on any atom is 0.278 e. The largest absolute Gasteiger partial charge is 0.375 e. The average Bonchev–Trinajstić information content (AvgIpc) is 3.45. The molecule has 1 saturated carbocycles. The van der Waals surface area contributed by atoms with E-state index in [-0.39, 0.29) is 23.6 Å². The molecule has 31 heavy (non-hydrogen) atoms. The van der Waals surface area contributed by atoms with Crippen molar-refractivity contribution >= 4 is 28.4 Å². The van der Waals surface area contributed by atoms with E-state index in [0.717, 1.165) is 44.1 Å². The second-order valence-electron chi connectivity index (χ2n) is 8.68. The van der Waals surface area contributed by atoms with Crippen molar-refractivity contribution in [3.05, 3.63) is 45.9 Å². The second-order valence-corrected chi connectivity index (χ2v) is 8.68. The summed E-state index contributed by atoms with van der Waals surface area (Å²) in [5, 5.41) is 3.48. The van der Waals surface area contributed by atoms with Gasteiger partial charge in [-0.2, -0.15) is 0 Å². The lowest BCUT2D eigenvalue weighted by Crippen LogP contribution is -2.46. The van der Waals surface area contributed by atoms with Crippen molar-refractivity contribution in [1.82, 2.24) is 14.7 Å². The summed E-state index contributed by atoms with van der Waals surface area (Å²) in [6.07, 6.45) is 7.78. The molecule has 0 aromatic carbocycles. The molecule has 5 rings (SSSR count). The van der Waals surface area contributed by atoms with Crippen LogP contribution in [0.1, 0.15) is 54.4 Å². The van der Waals surface area contributed by atoms with Gasteiger partial charge in [0.15, 0.2) is 0 Å². The van der Waals surface area contributed by atoms with E-state index in [4.69, 9.17) is 15.5 Å². The lowest BCUT2D eigenvalue weighted by molar-refractivity contribution is -0.666. The Balaban J connectivity index is 1.71. The van der Waals surface area contributed by atoms with Gasteiger partial charge < -0.3 is 15.8 Å². The van der Waals surface area contributed by atoms with E-state index in [2.05, 4.69) is 5.32 Å². The van der Waals surface area contributed by atoms with Gasteiger partial charge in [0.2, 0.25) is 11.5 Å². The number of aryl methyl sites for hydroxylation is 1. The fourth-order valence-corrected chi connectivity index (χ4v) is 4.80. The molecule has 8 heteroatoms. The van der Waals surface area contributed by atoms with Crippen molar-refractivity contribution in [3.8, 4) is 0 Å². The minimum absolute atomic E-state index is 0.0132. The minimum atomic E-state index is -0.235. The molecule has 1 aliphatic carbocycles. The molecule has 4 heterocycles. The van der Waals surface area contributed by atoms with Gasteiger partial charge in [0, 0.05) is 24.4 Å². The van der Waals surface area contributed by atoms with Crippen LogP contribution in [0.5, 0.6) is 0 Å². The summed E-state index contributed by atoms with van der Waals surface area (Å²) in [4.78, 5) is 31.3. The molecule has 3 aromatic rings. The zero-order chi connectivity index (χ0) is 21.5. The molecule has 1 amide bonds. The monoisotopic (exact) mass is 422 g/mol. The summed E-state index contributed by atoms with van der Waals surface area (Å²) >= 11 is 0. The molecule has 162 valence electrons. The van der Waals surface area contributed by atoms with Crippen molar-refractivity contribution in [2.75, 3.05) is 12.3 Å². The number of nitrogens with zero attached hydrogens (tertiary/aromatic N) is 3. The molecule has 2 fully saturated rings. The van der Waals surface area contributed by atoms with Crippen molar-refractivity contribution in [2.45, 2.75) is 64.1 Å². The van der Waals surface area contributed by atoms with Crippen LogP contribution in [-0.2, 0) is 11.3 Å². The van der Waals surface area contributed by atoms with E-state index in [1.54, 1.807) is 16.8 Å². The summed E-state index contributed by atoms with van der Waals surface area (Å²) in [7, 11) is 0. The average molecular weight is 423 g/mol. The Morgan fingerprint density at radius 1 is 1.32 bits per heavy atom. The molecule has 0 bridgehead atoms. The van der Waals surface area contributed by atoms with Crippen molar-refractivity contribution in [3.63, 3.8) is 0 Å². The Labute approximate surface area is 180 Å². The number of hydrogen-bond acceptors (Lipinski definition) is 5. The van der Waals surface area contributed by atoms with Gasteiger partial charge in [-0.15, -0.1) is 0 Å².